The number of nitrogens with zero attached hydrogens (tertiary/aromatic N) is 1. The summed E-state index contributed by atoms with van der Waals surface area (Å²) in [5, 5.41) is 2.94. The molecule has 1 aliphatic heterocycles. The molecule has 5 nitrogen and oxygen atoms in total. The monoisotopic (exact) mass is 338 g/mol. The number of amides is 2. The van der Waals surface area contributed by atoms with Crippen LogP contribution in [0.1, 0.15) is 31.7 Å². The molecule has 1 heterocycles. The normalized spacial score (nSPS) is 13.9. The first-order chi connectivity index (χ1) is 12.1. The summed E-state index contributed by atoms with van der Waals surface area (Å²) in [6.07, 6.45) is 0.255. The first-order valence-corrected chi connectivity index (χ1v) is 8.47. The van der Waals surface area contributed by atoms with E-state index in [1.165, 1.54) is 4.90 Å². The van der Waals surface area contributed by atoms with Crippen LogP contribution in [0, 0.1) is 0 Å². The summed E-state index contributed by atoms with van der Waals surface area (Å²) in [5.41, 5.74) is 2.49. The lowest BCUT2D eigenvalue weighted by atomic mass is 10.0. The smallest absolute Gasteiger partial charge is 0.244 e. The van der Waals surface area contributed by atoms with E-state index in [-0.39, 0.29) is 24.8 Å². The minimum absolute atomic E-state index is 0.0361. The van der Waals surface area contributed by atoms with E-state index in [0.717, 1.165) is 11.3 Å². The van der Waals surface area contributed by atoms with Gasteiger partial charge < -0.3 is 10.1 Å². The molecule has 0 unspecified atom stereocenters. The number of carbonyl (C=O) groups excluding carboxylic acids is 2. The van der Waals surface area contributed by atoms with Gasteiger partial charge in [-0.25, -0.2) is 0 Å². The highest BCUT2D eigenvalue weighted by Crippen LogP contribution is 2.31. The summed E-state index contributed by atoms with van der Waals surface area (Å²) in [7, 11) is 0. The fraction of sp³-hybridized carbons (Fsp3) is 0.300. The van der Waals surface area contributed by atoms with Crippen LogP contribution in [0.15, 0.2) is 48.5 Å². The van der Waals surface area contributed by atoms with Crippen molar-refractivity contribution in [2.75, 3.05) is 23.4 Å². The fourth-order valence-electron chi connectivity index (χ4n) is 2.94. The Bertz CT molecular complexity index is 786. The van der Waals surface area contributed by atoms with E-state index in [2.05, 4.69) is 19.2 Å². The van der Waals surface area contributed by atoms with Crippen molar-refractivity contribution in [1.82, 2.24) is 0 Å². The SMILES string of the molecule is CC(C)c1ccccc1NC(=O)CN1C(=O)CCOc2ccccc21. The van der Waals surface area contributed by atoms with Gasteiger partial charge >= 0.3 is 0 Å². The number of nitrogens with one attached hydrogen (secondary N) is 1. The Morgan fingerprint density at radius 3 is 2.68 bits per heavy atom. The zero-order chi connectivity index (χ0) is 17.8. The fourth-order valence-corrected chi connectivity index (χ4v) is 2.94. The predicted octanol–water partition coefficient (Wildman–Crippen LogP) is 3.56. The third-order valence-electron chi connectivity index (χ3n) is 4.19. The van der Waals surface area contributed by atoms with Crippen molar-refractivity contribution >= 4 is 23.2 Å². The van der Waals surface area contributed by atoms with Gasteiger partial charge in [0.1, 0.15) is 12.3 Å². The van der Waals surface area contributed by atoms with E-state index in [0.29, 0.717) is 24.0 Å². The molecule has 0 fully saturated rings. The second-order valence-electron chi connectivity index (χ2n) is 6.34. The van der Waals surface area contributed by atoms with Crippen LogP contribution >= 0.6 is 0 Å². The molecule has 2 amide bonds. The molecule has 0 bridgehead atoms. The number of hydrogen-bond acceptors (Lipinski definition) is 3. The van der Waals surface area contributed by atoms with Crippen molar-refractivity contribution < 1.29 is 14.3 Å². The Hall–Kier alpha value is -2.82. The van der Waals surface area contributed by atoms with Crippen molar-refractivity contribution in [3.05, 3.63) is 54.1 Å². The molecule has 0 saturated carbocycles. The van der Waals surface area contributed by atoms with Crippen LogP contribution in [0.3, 0.4) is 0 Å². The quantitative estimate of drug-likeness (QED) is 0.927. The van der Waals surface area contributed by atoms with Crippen LogP contribution in [-0.2, 0) is 9.59 Å². The van der Waals surface area contributed by atoms with E-state index < -0.39 is 0 Å². The van der Waals surface area contributed by atoms with Crippen molar-refractivity contribution in [2.24, 2.45) is 0 Å². The molecule has 0 aliphatic carbocycles. The van der Waals surface area contributed by atoms with Gasteiger partial charge in [-0.15, -0.1) is 0 Å². The average Bonchev–Trinajstić information content (AvgIpc) is 2.75. The van der Waals surface area contributed by atoms with Crippen LogP contribution in [-0.4, -0.2) is 25.0 Å². The number of para-hydroxylation sites is 3. The number of fused-ring (bicyclic) bond motifs is 1. The molecule has 0 saturated heterocycles. The lowest BCUT2D eigenvalue weighted by Crippen LogP contribution is -2.37. The molecular weight excluding hydrogens is 316 g/mol. The Balaban J connectivity index is 1.80. The van der Waals surface area contributed by atoms with Crippen LogP contribution in [0.25, 0.3) is 0 Å². The van der Waals surface area contributed by atoms with Crippen molar-refractivity contribution in [1.29, 1.82) is 0 Å². The van der Waals surface area contributed by atoms with Gasteiger partial charge in [0.25, 0.3) is 0 Å². The van der Waals surface area contributed by atoms with E-state index in [1.54, 1.807) is 6.07 Å². The Morgan fingerprint density at radius 2 is 1.88 bits per heavy atom. The largest absolute Gasteiger partial charge is 0.491 e. The molecule has 5 heteroatoms. The highest BCUT2D eigenvalue weighted by atomic mass is 16.5. The predicted molar refractivity (Wildman–Crippen MR) is 98.1 cm³/mol. The first-order valence-electron chi connectivity index (χ1n) is 8.47. The van der Waals surface area contributed by atoms with E-state index in [9.17, 15) is 9.59 Å². The van der Waals surface area contributed by atoms with Crippen molar-refractivity contribution in [3.63, 3.8) is 0 Å². The Morgan fingerprint density at radius 1 is 1.16 bits per heavy atom. The zero-order valence-electron chi connectivity index (χ0n) is 14.5. The van der Waals surface area contributed by atoms with Gasteiger partial charge in [-0.2, -0.15) is 0 Å². The molecule has 3 rings (SSSR count). The standard InChI is InChI=1S/C20H22N2O3/c1-14(2)15-7-3-4-8-16(15)21-19(23)13-22-17-9-5-6-10-18(17)25-12-11-20(22)24/h3-10,14H,11-13H2,1-2H3,(H,21,23). The minimum atomic E-state index is -0.224. The summed E-state index contributed by atoms with van der Waals surface area (Å²) < 4.78 is 5.61. The lowest BCUT2D eigenvalue weighted by molar-refractivity contribution is -0.121. The summed E-state index contributed by atoms with van der Waals surface area (Å²) >= 11 is 0. The lowest BCUT2D eigenvalue weighted by Gasteiger charge is -2.22. The third kappa shape index (κ3) is 3.82. The molecule has 2 aromatic rings. The van der Waals surface area contributed by atoms with Gasteiger partial charge in [0.05, 0.1) is 18.7 Å². The maximum atomic E-state index is 12.6. The molecule has 25 heavy (non-hydrogen) atoms. The second kappa shape index (κ2) is 7.38. The van der Waals surface area contributed by atoms with Gasteiger partial charge in [-0.1, -0.05) is 44.2 Å². The number of anilines is 2. The van der Waals surface area contributed by atoms with Gasteiger partial charge in [0.15, 0.2) is 0 Å². The van der Waals surface area contributed by atoms with Crippen LogP contribution < -0.4 is 15.0 Å². The number of ether oxygens (including phenoxy) is 1. The van der Waals surface area contributed by atoms with Crippen molar-refractivity contribution in [3.8, 4) is 5.75 Å². The third-order valence-corrected chi connectivity index (χ3v) is 4.19. The molecule has 1 aliphatic rings. The molecule has 0 spiro atoms. The number of benzene rings is 2. The number of rotatable bonds is 4. The maximum Gasteiger partial charge on any atom is 0.244 e. The first kappa shape index (κ1) is 17.0. The van der Waals surface area contributed by atoms with Crippen LogP contribution in [0.5, 0.6) is 5.75 Å². The van der Waals surface area contributed by atoms with E-state index >= 15 is 0 Å². The minimum Gasteiger partial charge on any atom is -0.491 e. The van der Waals surface area contributed by atoms with Gasteiger partial charge in [0, 0.05) is 5.69 Å². The summed E-state index contributed by atoms with van der Waals surface area (Å²) in [5.74, 6) is 0.588. The molecular formula is C20H22N2O3. The molecule has 0 atom stereocenters. The summed E-state index contributed by atoms with van der Waals surface area (Å²) in [4.78, 5) is 26.5. The average molecular weight is 338 g/mol. The highest BCUT2D eigenvalue weighted by Gasteiger charge is 2.25. The van der Waals surface area contributed by atoms with Crippen LogP contribution in [0.2, 0.25) is 0 Å². The van der Waals surface area contributed by atoms with Gasteiger partial charge in [0.2, 0.25) is 11.8 Å². The Labute approximate surface area is 147 Å². The molecule has 2 aromatic carbocycles. The number of hydrogen-bond donors (Lipinski definition) is 1. The maximum absolute atomic E-state index is 12.6. The molecule has 0 radical (unpaired) electrons. The number of carbonyl (C=O) groups is 2. The molecule has 0 aromatic heterocycles. The Kier molecular flexibility index (Phi) is 5.03. The second-order valence-corrected chi connectivity index (χ2v) is 6.34. The molecule has 1 N–H and O–H groups in total. The summed E-state index contributed by atoms with van der Waals surface area (Å²) in [6.45, 7) is 4.45. The highest BCUT2D eigenvalue weighted by molar-refractivity contribution is 6.04. The van der Waals surface area contributed by atoms with Crippen LogP contribution in [0.4, 0.5) is 11.4 Å². The van der Waals surface area contributed by atoms with Gasteiger partial charge in [-0.05, 0) is 29.7 Å². The zero-order valence-corrected chi connectivity index (χ0v) is 14.5. The topological polar surface area (TPSA) is 58.6 Å². The van der Waals surface area contributed by atoms with Crippen molar-refractivity contribution in [2.45, 2.75) is 26.2 Å². The molecule has 130 valence electrons. The van der Waals surface area contributed by atoms with E-state index in [1.807, 2.05) is 42.5 Å². The van der Waals surface area contributed by atoms with E-state index in [4.69, 9.17) is 4.74 Å². The van der Waals surface area contributed by atoms with Gasteiger partial charge in [-0.3, -0.25) is 14.5 Å². The summed E-state index contributed by atoms with van der Waals surface area (Å²) in [6, 6.07) is 15.0.